The summed E-state index contributed by atoms with van der Waals surface area (Å²) >= 11 is 3.01. The number of thioether (sulfide) groups is 1. The third-order valence-corrected chi connectivity index (χ3v) is 6.64. The molecule has 5 nitrogen and oxygen atoms in total. The van der Waals surface area contributed by atoms with Gasteiger partial charge in [0.15, 0.2) is 0 Å². The van der Waals surface area contributed by atoms with Gasteiger partial charge in [-0.2, -0.15) is 0 Å². The maximum Gasteiger partial charge on any atom is 0.263 e. The number of fused-ring (bicyclic) bond motifs is 1. The largest absolute Gasteiger partial charge is 0.354 e. The highest BCUT2D eigenvalue weighted by molar-refractivity contribution is 7.99. The second-order valence-electron chi connectivity index (χ2n) is 7.03. The van der Waals surface area contributed by atoms with Crippen molar-refractivity contribution < 1.29 is 9.18 Å². The first-order valence-electron chi connectivity index (χ1n) is 9.70. The van der Waals surface area contributed by atoms with Crippen molar-refractivity contribution in [3.63, 3.8) is 0 Å². The van der Waals surface area contributed by atoms with E-state index >= 15 is 0 Å². The average molecular weight is 454 g/mol. The number of nitrogens with zero attached hydrogens (tertiary/aromatic N) is 2. The first-order valence-corrected chi connectivity index (χ1v) is 11.6. The Balaban J connectivity index is 1.42. The molecule has 0 atom stereocenters. The van der Waals surface area contributed by atoms with E-state index in [9.17, 15) is 14.0 Å². The number of benzene rings is 2. The molecule has 0 aliphatic rings. The van der Waals surface area contributed by atoms with Crippen molar-refractivity contribution in [3.05, 3.63) is 82.0 Å². The molecule has 0 aliphatic carbocycles. The lowest BCUT2D eigenvalue weighted by Crippen LogP contribution is -2.33. The highest BCUT2D eigenvalue weighted by atomic mass is 32.2. The highest BCUT2D eigenvalue weighted by Crippen LogP contribution is 2.30. The lowest BCUT2D eigenvalue weighted by molar-refractivity contribution is -0.121. The Morgan fingerprint density at radius 2 is 1.90 bits per heavy atom. The molecule has 1 amide bonds. The third-order valence-electron chi connectivity index (χ3n) is 4.74. The van der Waals surface area contributed by atoms with Gasteiger partial charge in [0.2, 0.25) is 5.91 Å². The average Bonchev–Trinajstić information content (AvgIpc) is 3.20. The maximum absolute atomic E-state index is 13.2. The molecule has 31 heavy (non-hydrogen) atoms. The van der Waals surface area contributed by atoms with Crippen LogP contribution in [0.4, 0.5) is 4.39 Å². The molecule has 2 aromatic carbocycles. The van der Waals surface area contributed by atoms with Crippen LogP contribution in [-0.2, 0) is 11.3 Å². The Morgan fingerprint density at radius 1 is 1.16 bits per heavy atom. The summed E-state index contributed by atoms with van der Waals surface area (Å²) in [6.45, 7) is 2.44. The van der Waals surface area contributed by atoms with E-state index in [0.717, 1.165) is 16.2 Å². The van der Waals surface area contributed by atoms with Crippen LogP contribution in [0, 0.1) is 12.7 Å². The summed E-state index contributed by atoms with van der Waals surface area (Å²) in [6, 6.07) is 14.2. The first-order chi connectivity index (χ1) is 15.0. The summed E-state index contributed by atoms with van der Waals surface area (Å²) in [5, 5.41) is 5.13. The molecular weight excluding hydrogens is 433 g/mol. The van der Waals surface area contributed by atoms with Crippen molar-refractivity contribution in [2.24, 2.45) is 0 Å². The Kier molecular flexibility index (Phi) is 6.48. The van der Waals surface area contributed by atoms with Gasteiger partial charge in [-0.15, -0.1) is 23.1 Å². The molecule has 8 heteroatoms. The van der Waals surface area contributed by atoms with Crippen LogP contribution in [0.5, 0.6) is 0 Å². The van der Waals surface area contributed by atoms with Gasteiger partial charge in [0.1, 0.15) is 17.2 Å². The molecule has 158 valence electrons. The molecule has 2 aromatic heterocycles. The number of aryl methyl sites for hydroxylation is 1. The maximum atomic E-state index is 13.2. The molecule has 0 saturated heterocycles. The number of nitrogens with one attached hydrogen (secondary N) is 1. The fourth-order valence-electron chi connectivity index (χ4n) is 3.13. The minimum absolute atomic E-state index is 0.102. The SMILES string of the molecule is Cc1ccc(SCCNC(=O)Cn2cnc3scc(-c4ccc(F)cc4)c3c2=O)cc1. The number of halogens is 1. The zero-order valence-corrected chi connectivity index (χ0v) is 18.4. The van der Waals surface area contributed by atoms with E-state index < -0.39 is 0 Å². The van der Waals surface area contributed by atoms with Crippen molar-refractivity contribution in [1.82, 2.24) is 14.9 Å². The molecule has 4 aromatic rings. The summed E-state index contributed by atoms with van der Waals surface area (Å²) < 4.78 is 14.6. The molecule has 0 bridgehead atoms. The van der Waals surface area contributed by atoms with Crippen LogP contribution in [0.15, 0.2) is 69.9 Å². The summed E-state index contributed by atoms with van der Waals surface area (Å²) in [5.41, 5.74) is 2.36. The van der Waals surface area contributed by atoms with Gasteiger partial charge < -0.3 is 5.32 Å². The summed E-state index contributed by atoms with van der Waals surface area (Å²) in [4.78, 5) is 31.4. The summed E-state index contributed by atoms with van der Waals surface area (Å²) in [5.74, 6) is 0.155. The number of carbonyl (C=O) groups excluding carboxylic acids is 1. The molecule has 0 radical (unpaired) electrons. The number of aromatic nitrogens is 2. The second kappa shape index (κ2) is 9.45. The highest BCUT2D eigenvalue weighted by Gasteiger charge is 2.14. The topological polar surface area (TPSA) is 64.0 Å². The number of rotatable bonds is 7. The summed E-state index contributed by atoms with van der Waals surface area (Å²) in [6.07, 6.45) is 1.40. The molecule has 0 spiro atoms. The molecule has 0 aliphatic heterocycles. The number of hydrogen-bond donors (Lipinski definition) is 1. The normalized spacial score (nSPS) is 11.0. The van der Waals surface area contributed by atoms with Crippen molar-refractivity contribution in [1.29, 1.82) is 0 Å². The Morgan fingerprint density at radius 3 is 2.65 bits per heavy atom. The van der Waals surface area contributed by atoms with Crippen LogP contribution >= 0.6 is 23.1 Å². The van der Waals surface area contributed by atoms with Crippen LogP contribution in [0.2, 0.25) is 0 Å². The summed E-state index contributed by atoms with van der Waals surface area (Å²) in [7, 11) is 0. The fourth-order valence-corrected chi connectivity index (χ4v) is 4.80. The zero-order valence-electron chi connectivity index (χ0n) is 16.8. The molecular formula is C23H20FN3O2S2. The van der Waals surface area contributed by atoms with Gasteiger partial charge in [-0.1, -0.05) is 29.8 Å². The molecule has 1 N–H and O–H groups in total. The second-order valence-corrected chi connectivity index (χ2v) is 9.05. The molecule has 0 saturated carbocycles. The van der Waals surface area contributed by atoms with E-state index in [1.54, 1.807) is 23.9 Å². The van der Waals surface area contributed by atoms with Crippen LogP contribution < -0.4 is 10.9 Å². The van der Waals surface area contributed by atoms with Crippen LogP contribution in [0.3, 0.4) is 0 Å². The van der Waals surface area contributed by atoms with Gasteiger partial charge in [0.05, 0.1) is 11.7 Å². The molecule has 2 heterocycles. The van der Waals surface area contributed by atoms with E-state index in [1.165, 1.54) is 39.9 Å². The monoisotopic (exact) mass is 453 g/mol. The molecule has 4 rings (SSSR count). The minimum atomic E-state index is -0.337. The van der Waals surface area contributed by atoms with Crippen LogP contribution in [-0.4, -0.2) is 27.8 Å². The Hall–Kier alpha value is -2.97. The Labute approximate surface area is 187 Å². The number of hydrogen-bond acceptors (Lipinski definition) is 5. The van der Waals surface area contributed by atoms with Gasteiger partial charge in [-0.05, 0) is 36.8 Å². The van der Waals surface area contributed by atoms with Gasteiger partial charge in [0.25, 0.3) is 5.56 Å². The van der Waals surface area contributed by atoms with Gasteiger partial charge in [-0.3, -0.25) is 14.2 Å². The zero-order chi connectivity index (χ0) is 21.8. The standard InChI is InChI=1S/C23H20FN3O2S2/c1-15-2-8-18(9-3-15)30-11-10-25-20(28)12-27-14-26-22-21(23(27)29)19(13-31-22)16-4-6-17(24)7-5-16/h2-9,13-14H,10-12H2,1H3,(H,25,28). The predicted molar refractivity (Wildman–Crippen MR) is 124 cm³/mol. The van der Waals surface area contributed by atoms with Crippen LogP contribution in [0.25, 0.3) is 21.3 Å². The minimum Gasteiger partial charge on any atom is -0.354 e. The van der Waals surface area contributed by atoms with Crippen molar-refractivity contribution in [2.45, 2.75) is 18.4 Å². The van der Waals surface area contributed by atoms with E-state index in [1.807, 2.05) is 12.3 Å². The predicted octanol–water partition coefficient (Wildman–Crippen LogP) is 4.48. The number of thiophene rings is 1. The smallest absolute Gasteiger partial charge is 0.263 e. The van der Waals surface area contributed by atoms with Gasteiger partial charge in [0, 0.05) is 28.1 Å². The van der Waals surface area contributed by atoms with Crippen molar-refractivity contribution in [2.75, 3.05) is 12.3 Å². The molecule has 0 fully saturated rings. The quantitative estimate of drug-likeness (QED) is 0.331. The van der Waals surface area contributed by atoms with E-state index in [-0.39, 0.29) is 23.8 Å². The van der Waals surface area contributed by atoms with Crippen molar-refractivity contribution >= 4 is 39.2 Å². The van der Waals surface area contributed by atoms with E-state index in [4.69, 9.17) is 0 Å². The number of amides is 1. The lowest BCUT2D eigenvalue weighted by atomic mass is 10.1. The third kappa shape index (κ3) is 5.03. The van der Waals surface area contributed by atoms with Gasteiger partial charge >= 0.3 is 0 Å². The Bertz CT molecular complexity index is 1260. The molecule has 0 unspecified atom stereocenters. The lowest BCUT2D eigenvalue weighted by Gasteiger charge is -2.08. The van der Waals surface area contributed by atoms with Gasteiger partial charge in [-0.25, -0.2) is 9.37 Å². The van der Waals surface area contributed by atoms with E-state index in [2.05, 4.69) is 34.6 Å². The van der Waals surface area contributed by atoms with E-state index in [0.29, 0.717) is 22.3 Å². The first kappa shape index (κ1) is 21.3. The number of carbonyl (C=O) groups is 1. The fraction of sp³-hybridized carbons (Fsp3) is 0.174. The van der Waals surface area contributed by atoms with Crippen molar-refractivity contribution in [3.8, 4) is 11.1 Å². The van der Waals surface area contributed by atoms with Crippen LogP contribution in [0.1, 0.15) is 5.56 Å².